The first-order valence-corrected chi connectivity index (χ1v) is 18.1. The quantitative estimate of drug-likeness (QED) is 0.234. The lowest BCUT2D eigenvalue weighted by Gasteiger charge is -2.41. The minimum atomic E-state index is -1.07. The molecule has 5 aliphatic rings. The molecule has 2 heterocycles. The van der Waals surface area contributed by atoms with E-state index in [0.717, 1.165) is 50.7 Å². The van der Waals surface area contributed by atoms with Gasteiger partial charge in [-0.05, 0) is 60.8 Å². The fourth-order valence-electron chi connectivity index (χ4n) is 7.84. The number of urea groups is 1. The summed E-state index contributed by atoms with van der Waals surface area (Å²) in [4.78, 5) is 68.0. The molecule has 0 aromatic heterocycles. The molecule has 46 heavy (non-hydrogen) atoms. The summed E-state index contributed by atoms with van der Waals surface area (Å²) in [5.74, 6) is -1.60. The van der Waals surface area contributed by atoms with Crippen LogP contribution < -0.4 is 21.7 Å². The van der Waals surface area contributed by atoms with Crippen molar-refractivity contribution >= 4 is 41.3 Å². The SMILES string of the molecule is CC1OC=CC1SCC1(NC(=O)N[C@H](C(=O)N2CC3C([C@H]2C(=O)NC(CC2CC2)C(=O)C(N)=O)C3(C)C)C(C)(C)C)CCCCC1. The fraction of sp³-hybridized carbons (Fsp3) is 0.794. The molecule has 256 valence electrons. The van der Waals surface area contributed by atoms with Crippen molar-refractivity contribution in [3.63, 3.8) is 0 Å². The molecule has 2 aliphatic heterocycles. The Balaban J connectivity index is 1.30. The second-order valence-electron chi connectivity index (χ2n) is 16.0. The van der Waals surface area contributed by atoms with Crippen molar-refractivity contribution < 1.29 is 28.7 Å². The number of likely N-dealkylation sites (tertiary alicyclic amines) is 1. The number of carbonyl (C=O) groups is 5. The second-order valence-corrected chi connectivity index (χ2v) is 17.2. The van der Waals surface area contributed by atoms with Crippen LogP contribution in [0.1, 0.15) is 92.9 Å². The van der Waals surface area contributed by atoms with Gasteiger partial charge in [0.1, 0.15) is 18.2 Å². The maximum absolute atomic E-state index is 14.4. The van der Waals surface area contributed by atoms with Crippen LogP contribution in [0.25, 0.3) is 0 Å². The molecule has 5 rings (SSSR count). The third-order valence-electron chi connectivity index (χ3n) is 11.1. The molecule has 0 aromatic rings. The van der Waals surface area contributed by atoms with Gasteiger partial charge in [-0.25, -0.2) is 4.79 Å². The van der Waals surface area contributed by atoms with E-state index in [4.69, 9.17) is 10.5 Å². The van der Waals surface area contributed by atoms with E-state index in [1.165, 1.54) is 0 Å². The molecule has 0 bridgehead atoms. The van der Waals surface area contributed by atoms with Gasteiger partial charge in [0.2, 0.25) is 17.6 Å². The number of piperidine rings is 1. The standard InChI is InChI=1S/C34H53N5O6S/c1-19-23(12-15-45-19)46-18-34(13-8-7-9-14-34)38-31(44)37-27(32(2,3)4)30(43)39-17-21-24(33(21,5)6)25(39)29(42)36-22(16-20-10-11-20)26(40)28(35)41/h12,15,19-25,27H,7-11,13-14,16-18H2,1-6H3,(H2,35,41)(H,36,42)(H2,37,38,44)/t19?,21?,22?,23?,24?,25-,27+/m0/s1. The van der Waals surface area contributed by atoms with Crippen LogP contribution in [0, 0.1) is 28.6 Å². The number of rotatable bonds is 12. The van der Waals surface area contributed by atoms with E-state index in [2.05, 4.69) is 35.9 Å². The lowest BCUT2D eigenvalue weighted by Crippen LogP contribution is -2.63. The largest absolute Gasteiger partial charge is 0.497 e. The van der Waals surface area contributed by atoms with Gasteiger partial charge in [-0.1, -0.05) is 66.7 Å². The normalized spacial score (nSPS) is 30.4. The number of hydrogen-bond donors (Lipinski definition) is 4. The van der Waals surface area contributed by atoms with Gasteiger partial charge in [-0.3, -0.25) is 19.2 Å². The minimum Gasteiger partial charge on any atom is -0.497 e. The Morgan fingerprint density at radius 1 is 1.07 bits per heavy atom. The number of carbonyl (C=O) groups excluding carboxylic acids is 5. The van der Waals surface area contributed by atoms with Crippen LogP contribution >= 0.6 is 11.8 Å². The highest BCUT2D eigenvalue weighted by atomic mass is 32.2. The average Bonchev–Trinajstić information content (AvgIpc) is 3.74. The van der Waals surface area contributed by atoms with Gasteiger partial charge in [-0.2, -0.15) is 0 Å². The highest BCUT2D eigenvalue weighted by molar-refractivity contribution is 8.00. The first kappa shape index (κ1) is 34.6. The molecule has 1 saturated heterocycles. The molecule has 0 aromatic carbocycles. The number of nitrogens with one attached hydrogen (secondary N) is 3. The van der Waals surface area contributed by atoms with Crippen LogP contribution in [0.2, 0.25) is 0 Å². The van der Waals surface area contributed by atoms with E-state index < -0.39 is 41.1 Å². The minimum absolute atomic E-state index is 0.0852. The van der Waals surface area contributed by atoms with Crippen LogP contribution in [-0.4, -0.2) is 81.8 Å². The molecule has 5 N–H and O–H groups in total. The molecule has 11 nitrogen and oxygen atoms in total. The first-order chi connectivity index (χ1) is 21.5. The summed E-state index contributed by atoms with van der Waals surface area (Å²) in [6.45, 7) is 12.3. The smallest absolute Gasteiger partial charge is 0.315 e. The van der Waals surface area contributed by atoms with E-state index in [-0.39, 0.29) is 52.0 Å². The summed E-state index contributed by atoms with van der Waals surface area (Å²) in [6.07, 6.45) is 11.1. The van der Waals surface area contributed by atoms with E-state index in [1.54, 1.807) is 22.9 Å². The number of nitrogens with zero attached hydrogens (tertiary/aromatic N) is 1. The highest BCUT2D eigenvalue weighted by Crippen LogP contribution is 2.65. The van der Waals surface area contributed by atoms with Gasteiger partial charge >= 0.3 is 6.03 Å². The van der Waals surface area contributed by atoms with Crippen molar-refractivity contribution in [1.82, 2.24) is 20.9 Å². The Bertz CT molecular complexity index is 1250. The van der Waals surface area contributed by atoms with Gasteiger partial charge in [0.25, 0.3) is 5.91 Å². The Labute approximate surface area is 277 Å². The van der Waals surface area contributed by atoms with Crippen LogP contribution in [0.4, 0.5) is 4.79 Å². The lowest BCUT2D eigenvalue weighted by atomic mass is 9.83. The van der Waals surface area contributed by atoms with Crippen molar-refractivity contribution in [3.8, 4) is 0 Å². The lowest BCUT2D eigenvalue weighted by molar-refractivity contribution is -0.145. The van der Waals surface area contributed by atoms with Gasteiger partial charge in [0, 0.05) is 12.3 Å². The predicted molar refractivity (Wildman–Crippen MR) is 176 cm³/mol. The van der Waals surface area contributed by atoms with Crippen molar-refractivity contribution in [2.24, 2.45) is 34.3 Å². The number of ether oxygens (including phenoxy) is 1. The molecule has 3 aliphatic carbocycles. The number of nitrogens with two attached hydrogens (primary N) is 1. The van der Waals surface area contributed by atoms with Crippen LogP contribution in [0.5, 0.6) is 0 Å². The van der Waals surface area contributed by atoms with Gasteiger partial charge in [0.15, 0.2) is 0 Å². The molecule has 5 unspecified atom stereocenters. The van der Waals surface area contributed by atoms with Crippen LogP contribution in [-0.2, 0) is 23.9 Å². The molecular weight excluding hydrogens is 606 g/mol. The second kappa shape index (κ2) is 13.0. The molecule has 7 atom stereocenters. The van der Waals surface area contributed by atoms with Gasteiger partial charge in [-0.15, -0.1) is 11.8 Å². The Morgan fingerprint density at radius 3 is 2.30 bits per heavy atom. The number of Topliss-reactive ketones (excluding diaryl/α,β-unsaturated/α-hetero) is 1. The zero-order chi connectivity index (χ0) is 33.6. The van der Waals surface area contributed by atoms with Gasteiger partial charge in [0.05, 0.1) is 23.1 Å². The number of thioether (sulfide) groups is 1. The van der Waals surface area contributed by atoms with Crippen LogP contribution in [0.15, 0.2) is 12.3 Å². The van der Waals surface area contributed by atoms with Crippen molar-refractivity contribution in [1.29, 1.82) is 0 Å². The Morgan fingerprint density at radius 2 is 1.74 bits per heavy atom. The molecular formula is C34H53N5O6S. The maximum atomic E-state index is 14.4. The number of amides is 5. The Hall–Kier alpha value is -2.76. The van der Waals surface area contributed by atoms with Crippen molar-refractivity contribution in [3.05, 3.63) is 12.3 Å². The number of fused-ring (bicyclic) bond motifs is 1. The van der Waals surface area contributed by atoms with E-state index in [1.807, 2.05) is 27.7 Å². The highest BCUT2D eigenvalue weighted by Gasteiger charge is 2.70. The molecule has 0 spiro atoms. The van der Waals surface area contributed by atoms with E-state index in [9.17, 15) is 24.0 Å². The summed E-state index contributed by atoms with van der Waals surface area (Å²) in [5.41, 5.74) is 4.13. The van der Waals surface area contributed by atoms with E-state index in [0.29, 0.717) is 13.0 Å². The summed E-state index contributed by atoms with van der Waals surface area (Å²) in [6, 6.07) is -3.09. The molecule has 0 radical (unpaired) electrons. The summed E-state index contributed by atoms with van der Waals surface area (Å²) in [7, 11) is 0. The maximum Gasteiger partial charge on any atom is 0.315 e. The predicted octanol–water partition coefficient (Wildman–Crippen LogP) is 3.26. The number of primary amides is 1. The monoisotopic (exact) mass is 659 g/mol. The first-order valence-electron chi connectivity index (χ1n) is 17.0. The van der Waals surface area contributed by atoms with E-state index >= 15 is 0 Å². The summed E-state index contributed by atoms with van der Waals surface area (Å²) >= 11 is 1.79. The number of ketones is 1. The average molecular weight is 660 g/mol. The summed E-state index contributed by atoms with van der Waals surface area (Å²) in [5, 5.41) is 9.35. The Kier molecular flexibility index (Phi) is 9.80. The zero-order valence-electron chi connectivity index (χ0n) is 28.2. The third-order valence-corrected chi connectivity index (χ3v) is 12.7. The van der Waals surface area contributed by atoms with Crippen molar-refractivity contribution in [2.45, 2.75) is 128 Å². The molecule has 12 heteroatoms. The molecule has 4 fully saturated rings. The topological polar surface area (TPSA) is 160 Å². The molecule has 3 saturated carbocycles. The fourth-order valence-corrected chi connectivity index (χ4v) is 9.23. The number of hydrogen-bond acceptors (Lipinski definition) is 7. The summed E-state index contributed by atoms with van der Waals surface area (Å²) < 4.78 is 5.59. The zero-order valence-corrected chi connectivity index (χ0v) is 29.0. The third kappa shape index (κ3) is 7.36. The van der Waals surface area contributed by atoms with Gasteiger partial charge < -0.3 is 31.3 Å². The van der Waals surface area contributed by atoms with Crippen LogP contribution in [0.3, 0.4) is 0 Å². The molecule has 5 amide bonds. The van der Waals surface area contributed by atoms with Crippen molar-refractivity contribution in [2.75, 3.05) is 12.3 Å².